The molecule has 0 aromatic rings. The predicted octanol–water partition coefficient (Wildman–Crippen LogP) is 8.48. The second-order valence-electron chi connectivity index (χ2n) is 9.82. The molecule has 25 heavy (non-hydrogen) atoms. The Balaban J connectivity index is 1.58. The molecule has 0 nitrogen and oxygen atoms in total. The third-order valence-electron chi connectivity index (χ3n) is 8.25. The zero-order valence-corrected chi connectivity index (χ0v) is 18.2. The summed E-state index contributed by atoms with van der Waals surface area (Å²) in [4.78, 5) is 0. The Hall–Kier alpha value is 0.662. The van der Waals surface area contributed by atoms with Gasteiger partial charge in [0.1, 0.15) is 0 Å². The van der Waals surface area contributed by atoms with Crippen LogP contribution in [0.4, 0.5) is 0 Å². The number of hydrogen-bond donors (Lipinski definition) is 0. The molecule has 4 aliphatic carbocycles. The predicted molar refractivity (Wildman–Crippen MR) is 105 cm³/mol. The minimum absolute atomic E-state index is 0.821. The zero-order valence-electron chi connectivity index (χ0n) is 16.6. The van der Waals surface area contributed by atoms with Crippen LogP contribution in [0.3, 0.4) is 0 Å². The molecule has 0 amide bonds. The van der Waals surface area contributed by atoms with E-state index in [1.165, 1.54) is 12.8 Å². The molecule has 0 aromatic heterocycles. The average molecular weight is 437 g/mol. The SMILES string of the molecule is C1CCC([C]2([Pd][C]3(C4CCCCC4)CCCCC3)CCCCC2)CC1. The molecule has 0 atom stereocenters. The van der Waals surface area contributed by atoms with E-state index in [9.17, 15) is 0 Å². The molecule has 0 bridgehead atoms. The van der Waals surface area contributed by atoms with Crippen molar-refractivity contribution in [3.05, 3.63) is 0 Å². The molecule has 0 spiro atoms. The molecule has 4 fully saturated rings. The average Bonchev–Trinajstić information content (AvgIpc) is 2.71. The molecule has 148 valence electrons. The van der Waals surface area contributed by atoms with Gasteiger partial charge >= 0.3 is 166 Å². The Morgan fingerprint density at radius 1 is 0.400 bits per heavy atom. The summed E-state index contributed by atoms with van der Waals surface area (Å²) < 4.78 is 1.64. The van der Waals surface area contributed by atoms with Crippen LogP contribution in [-0.2, 0) is 18.0 Å². The maximum absolute atomic E-state index is 1.63. The molecule has 1 heteroatoms. The Bertz CT molecular complexity index is 352. The van der Waals surface area contributed by atoms with Crippen molar-refractivity contribution in [2.45, 2.75) is 136 Å². The van der Waals surface area contributed by atoms with Crippen LogP contribution in [0.25, 0.3) is 0 Å². The fraction of sp³-hybridized carbons (Fsp3) is 1.00. The summed E-state index contributed by atoms with van der Waals surface area (Å²) >= 11 is 1.07. The number of rotatable bonds is 4. The molecular weight excluding hydrogens is 395 g/mol. The first-order valence-electron chi connectivity index (χ1n) is 11.9. The van der Waals surface area contributed by atoms with Gasteiger partial charge in [0.25, 0.3) is 0 Å². The monoisotopic (exact) mass is 436 g/mol. The van der Waals surface area contributed by atoms with Crippen LogP contribution in [0.15, 0.2) is 0 Å². The van der Waals surface area contributed by atoms with Crippen molar-refractivity contribution in [1.29, 1.82) is 0 Å². The Labute approximate surface area is 165 Å². The fourth-order valence-corrected chi connectivity index (χ4v) is 11.8. The van der Waals surface area contributed by atoms with Gasteiger partial charge < -0.3 is 0 Å². The quantitative estimate of drug-likeness (QED) is 0.387. The molecule has 0 unspecified atom stereocenters. The zero-order chi connectivity index (χ0) is 17.0. The summed E-state index contributed by atoms with van der Waals surface area (Å²) in [5.41, 5.74) is 0. The third-order valence-corrected chi connectivity index (χ3v) is 12.6. The molecule has 4 saturated carbocycles. The second-order valence-corrected chi connectivity index (χ2v) is 13.3. The molecule has 0 heterocycles. The third kappa shape index (κ3) is 4.24. The van der Waals surface area contributed by atoms with E-state index in [0.29, 0.717) is 0 Å². The first-order valence-corrected chi connectivity index (χ1v) is 13.5. The minimum atomic E-state index is 0.821. The fourth-order valence-electron chi connectivity index (χ4n) is 6.86. The van der Waals surface area contributed by atoms with Crippen molar-refractivity contribution in [3.8, 4) is 0 Å². The molecule has 0 radical (unpaired) electrons. The normalized spacial score (nSPS) is 31.8. The summed E-state index contributed by atoms with van der Waals surface area (Å²) in [6.45, 7) is 0. The maximum atomic E-state index is 1.63. The van der Waals surface area contributed by atoms with Crippen molar-refractivity contribution in [1.82, 2.24) is 0 Å². The standard InChI is InChI=1S/2C12H21.Pd/c2*1-3-7-11(8-4-1)12-9-5-2-6-10-12;/h2*11H,1-10H2;. The summed E-state index contributed by atoms with van der Waals surface area (Å²) in [6, 6.07) is 0. The first-order chi connectivity index (χ1) is 12.3. The van der Waals surface area contributed by atoms with E-state index in [2.05, 4.69) is 0 Å². The van der Waals surface area contributed by atoms with Crippen molar-refractivity contribution < 1.29 is 18.0 Å². The van der Waals surface area contributed by atoms with Gasteiger partial charge in [0.2, 0.25) is 0 Å². The Kier molecular flexibility index (Phi) is 6.67. The summed E-state index contributed by atoms with van der Waals surface area (Å²) in [7, 11) is 0. The molecule has 0 aliphatic heterocycles. The summed E-state index contributed by atoms with van der Waals surface area (Å²) in [6.07, 6.45) is 31.5. The van der Waals surface area contributed by atoms with Gasteiger partial charge in [-0.15, -0.1) is 0 Å². The molecule has 4 aliphatic rings. The van der Waals surface area contributed by atoms with Gasteiger partial charge in [-0.25, -0.2) is 0 Å². The van der Waals surface area contributed by atoms with E-state index in [-0.39, 0.29) is 0 Å². The van der Waals surface area contributed by atoms with E-state index >= 15 is 0 Å². The van der Waals surface area contributed by atoms with Crippen LogP contribution < -0.4 is 0 Å². The van der Waals surface area contributed by atoms with Gasteiger partial charge in [-0.3, -0.25) is 0 Å². The van der Waals surface area contributed by atoms with Gasteiger partial charge in [-0.05, 0) is 0 Å². The first kappa shape index (κ1) is 19.0. The molecule has 0 N–H and O–H groups in total. The van der Waals surface area contributed by atoms with Gasteiger partial charge in [0.15, 0.2) is 0 Å². The topological polar surface area (TPSA) is 0 Å². The molecule has 0 saturated heterocycles. The molecular formula is C24H42Pd. The van der Waals surface area contributed by atoms with E-state index in [4.69, 9.17) is 0 Å². The summed E-state index contributed by atoms with van der Waals surface area (Å²) in [5, 5.41) is 0. The Morgan fingerprint density at radius 2 is 0.720 bits per heavy atom. The van der Waals surface area contributed by atoms with Crippen molar-refractivity contribution in [2.24, 2.45) is 11.8 Å². The van der Waals surface area contributed by atoms with Crippen LogP contribution in [0.5, 0.6) is 0 Å². The molecule has 0 aromatic carbocycles. The van der Waals surface area contributed by atoms with Gasteiger partial charge in [0, 0.05) is 0 Å². The van der Waals surface area contributed by atoms with Crippen molar-refractivity contribution >= 4 is 0 Å². The summed E-state index contributed by atoms with van der Waals surface area (Å²) in [5.74, 6) is 2.25. The van der Waals surface area contributed by atoms with E-state index < -0.39 is 0 Å². The van der Waals surface area contributed by atoms with Crippen molar-refractivity contribution in [3.63, 3.8) is 0 Å². The van der Waals surface area contributed by atoms with E-state index in [1.54, 1.807) is 116 Å². The molecule has 4 rings (SSSR count). The van der Waals surface area contributed by atoms with E-state index in [1.807, 2.05) is 0 Å². The van der Waals surface area contributed by atoms with Gasteiger partial charge in [-0.1, -0.05) is 0 Å². The van der Waals surface area contributed by atoms with Crippen LogP contribution in [0.2, 0.25) is 7.78 Å². The van der Waals surface area contributed by atoms with Crippen molar-refractivity contribution in [2.75, 3.05) is 0 Å². The second kappa shape index (κ2) is 8.78. The van der Waals surface area contributed by atoms with Crippen LogP contribution in [0, 0.1) is 11.8 Å². The van der Waals surface area contributed by atoms with Crippen LogP contribution >= 0.6 is 0 Å². The van der Waals surface area contributed by atoms with Gasteiger partial charge in [0.05, 0.1) is 0 Å². The van der Waals surface area contributed by atoms with Gasteiger partial charge in [-0.2, -0.15) is 0 Å². The van der Waals surface area contributed by atoms with Crippen LogP contribution in [0.1, 0.15) is 128 Å². The van der Waals surface area contributed by atoms with Crippen LogP contribution in [-0.4, -0.2) is 0 Å². The Morgan fingerprint density at radius 3 is 1.08 bits per heavy atom. The van der Waals surface area contributed by atoms with E-state index in [0.717, 1.165) is 37.6 Å². The number of hydrogen-bond acceptors (Lipinski definition) is 0.